The molecule has 2 saturated heterocycles. The van der Waals surface area contributed by atoms with Crippen LogP contribution in [0.2, 0.25) is 0 Å². The van der Waals surface area contributed by atoms with Crippen molar-refractivity contribution < 1.29 is 23.9 Å². The number of Topliss-reactive ketones (excluding diaryl/α,β-unsaturated/α-hetero) is 2. The van der Waals surface area contributed by atoms with Gasteiger partial charge in [-0.25, -0.2) is 4.79 Å². The third kappa shape index (κ3) is 1.87. The molecule has 3 atom stereocenters. The van der Waals surface area contributed by atoms with Gasteiger partial charge in [0.25, 0.3) is 5.78 Å². The third-order valence-electron chi connectivity index (χ3n) is 3.06. The van der Waals surface area contributed by atoms with E-state index in [-0.39, 0.29) is 18.5 Å². The lowest BCUT2D eigenvalue weighted by molar-refractivity contribution is -0.161. The normalized spacial score (nSPS) is 32.6. The fraction of sp³-hybridized carbons (Fsp3) is 0.727. The van der Waals surface area contributed by atoms with Crippen LogP contribution in [0.25, 0.3) is 0 Å². The number of carbonyl (C=O) groups excluding carboxylic acids is 3. The van der Waals surface area contributed by atoms with Crippen LogP contribution < -0.4 is 0 Å². The van der Waals surface area contributed by atoms with E-state index in [1.54, 1.807) is 6.92 Å². The van der Waals surface area contributed by atoms with Gasteiger partial charge in [-0.1, -0.05) is 0 Å². The van der Waals surface area contributed by atoms with E-state index in [1.807, 2.05) is 0 Å². The first kappa shape index (κ1) is 11.3. The summed E-state index contributed by atoms with van der Waals surface area (Å²) in [5, 5.41) is 0. The minimum Gasteiger partial charge on any atom is -0.460 e. The maximum Gasteiger partial charge on any atom is 0.375 e. The zero-order chi connectivity index (χ0) is 11.7. The second kappa shape index (κ2) is 4.33. The summed E-state index contributed by atoms with van der Waals surface area (Å²) >= 11 is 0. The summed E-state index contributed by atoms with van der Waals surface area (Å²) in [6, 6.07) is 0. The molecule has 2 rings (SSSR count). The van der Waals surface area contributed by atoms with E-state index in [0.717, 1.165) is 6.42 Å². The summed E-state index contributed by atoms with van der Waals surface area (Å²) in [5.74, 6) is -2.72. The Kier molecular flexibility index (Phi) is 3.05. The Morgan fingerprint density at radius 2 is 2.19 bits per heavy atom. The number of fused-ring (bicyclic) bond motifs is 2. The molecule has 0 aromatic carbocycles. The van der Waals surface area contributed by atoms with Crippen molar-refractivity contribution in [2.75, 3.05) is 6.61 Å². The summed E-state index contributed by atoms with van der Waals surface area (Å²) in [6.45, 7) is 1.77. The maximum absolute atomic E-state index is 11.8. The van der Waals surface area contributed by atoms with E-state index < -0.39 is 23.8 Å². The molecule has 0 N–H and O–H groups in total. The molecule has 2 aliphatic rings. The molecule has 0 amide bonds. The Morgan fingerprint density at radius 1 is 1.44 bits per heavy atom. The lowest BCUT2D eigenvalue weighted by atomic mass is 9.90. The van der Waals surface area contributed by atoms with Gasteiger partial charge in [0.1, 0.15) is 6.10 Å². The minimum absolute atomic E-state index is 0.0499. The molecular weight excluding hydrogens is 212 g/mol. The van der Waals surface area contributed by atoms with E-state index in [2.05, 4.69) is 4.74 Å². The second-order valence-electron chi connectivity index (χ2n) is 4.10. The molecule has 16 heavy (non-hydrogen) atoms. The number of hydrogen-bond acceptors (Lipinski definition) is 5. The Labute approximate surface area is 93.1 Å². The summed E-state index contributed by atoms with van der Waals surface area (Å²) in [6.07, 6.45) is 1.25. The fourth-order valence-electron chi connectivity index (χ4n) is 2.27. The Hall–Kier alpha value is -1.23. The van der Waals surface area contributed by atoms with Crippen LogP contribution in [0.3, 0.4) is 0 Å². The highest BCUT2D eigenvalue weighted by atomic mass is 16.5. The van der Waals surface area contributed by atoms with Gasteiger partial charge < -0.3 is 9.47 Å². The molecule has 0 aromatic heterocycles. The molecule has 2 bridgehead atoms. The van der Waals surface area contributed by atoms with E-state index in [4.69, 9.17) is 4.74 Å². The Balaban J connectivity index is 2.06. The van der Waals surface area contributed by atoms with Crippen LogP contribution in [0, 0.1) is 5.92 Å². The van der Waals surface area contributed by atoms with Crippen LogP contribution in [-0.2, 0) is 23.9 Å². The van der Waals surface area contributed by atoms with Gasteiger partial charge in [0, 0.05) is 0 Å². The molecule has 3 unspecified atom stereocenters. The molecule has 88 valence electrons. The molecule has 0 radical (unpaired) electrons. The standard InChI is InChI=1S/C11H14O5/c1-2-15-11(14)10(13)7-5-6-3-4-8(16-6)9(7)12/h6-8H,2-5H2,1H3. The zero-order valence-corrected chi connectivity index (χ0v) is 9.10. The molecule has 2 fully saturated rings. The highest BCUT2D eigenvalue weighted by molar-refractivity contribution is 6.38. The van der Waals surface area contributed by atoms with Crippen LogP contribution in [0.5, 0.6) is 0 Å². The molecule has 0 saturated carbocycles. The lowest BCUT2D eigenvalue weighted by Gasteiger charge is -2.25. The molecule has 0 spiro atoms. The van der Waals surface area contributed by atoms with Gasteiger partial charge in [0.2, 0.25) is 0 Å². The average molecular weight is 226 g/mol. The van der Waals surface area contributed by atoms with Crippen molar-refractivity contribution >= 4 is 17.5 Å². The monoisotopic (exact) mass is 226 g/mol. The number of carbonyl (C=O) groups is 3. The van der Waals surface area contributed by atoms with E-state index in [1.165, 1.54) is 0 Å². The number of esters is 1. The van der Waals surface area contributed by atoms with Crippen LogP contribution in [-0.4, -0.2) is 36.4 Å². The van der Waals surface area contributed by atoms with Crippen molar-refractivity contribution in [3.05, 3.63) is 0 Å². The third-order valence-corrected chi connectivity index (χ3v) is 3.06. The quantitative estimate of drug-likeness (QED) is 0.392. The topological polar surface area (TPSA) is 69.7 Å². The molecule has 0 aliphatic carbocycles. The lowest BCUT2D eigenvalue weighted by Crippen LogP contribution is -2.42. The first-order chi connectivity index (χ1) is 7.63. The van der Waals surface area contributed by atoms with Crippen molar-refractivity contribution in [3.63, 3.8) is 0 Å². The Morgan fingerprint density at radius 3 is 2.88 bits per heavy atom. The fourth-order valence-corrected chi connectivity index (χ4v) is 2.27. The van der Waals surface area contributed by atoms with Gasteiger partial charge in [-0.2, -0.15) is 0 Å². The van der Waals surface area contributed by atoms with Crippen molar-refractivity contribution in [2.24, 2.45) is 5.92 Å². The largest absolute Gasteiger partial charge is 0.460 e. The molecule has 5 nitrogen and oxygen atoms in total. The summed E-state index contributed by atoms with van der Waals surface area (Å²) in [4.78, 5) is 34.7. The number of ketones is 2. The summed E-state index contributed by atoms with van der Waals surface area (Å²) in [7, 11) is 0. The van der Waals surface area contributed by atoms with Crippen molar-refractivity contribution in [1.29, 1.82) is 0 Å². The molecule has 2 heterocycles. The van der Waals surface area contributed by atoms with Crippen LogP contribution >= 0.6 is 0 Å². The van der Waals surface area contributed by atoms with Crippen molar-refractivity contribution in [2.45, 2.75) is 38.4 Å². The van der Waals surface area contributed by atoms with Crippen molar-refractivity contribution in [1.82, 2.24) is 0 Å². The first-order valence-corrected chi connectivity index (χ1v) is 5.53. The highest BCUT2D eigenvalue weighted by Crippen LogP contribution is 2.34. The number of hydrogen-bond donors (Lipinski definition) is 0. The van der Waals surface area contributed by atoms with Crippen LogP contribution in [0.4, 0.5) is 0 Å². The van der Waals surface area contributed by atoms with Crippen LogP contribution in [0.1, 0.15) is 26.2 Å². The predicted octanol–water partition coefficient (Wildman–Crippen LogP) is 0.255. The van der Waals surface area contributed by atoms with Gasteiger partial charge in [-0.3, -0.25) is 9.59 Å². The first-order valence-electron chi connectivity index (χ1n) is 5.53. The van der Waals surface area contributed by atoms with Gasteiger partial charge >= 0.3 is 5.97 Å². The average Bonchev–Trinajstić information content (AvgIpc) is 2.67. The summed E-state index contributed by atoms with van der Waals surface area (Å²) < 4.78 is 9.99. The van der Waals surface area contributed by atoms with E-state index >= 15 is 0 Å². The molecular formula is C11H14O5. The van der Waals surface area contributed by atoms with Gasteiger partial charge in [0.05, 0.1) is 18.6 Å². The minimum atomic E-state index is -0.901. The highest BCUT2D eigenvalue weighted by Gasteiger charge is 2.46. The number of rotatable bonds is 3. The van der Waals surface area contributed by atoms with Crippen LogP contribution in [0.15, 0.2) is 0 Å². The molecule has 5 heteroatoms. The van der Waals surface area contributed by atoms with Gasteiger partial charge in [-0.05, 0) is 26.2 Å². The molecule has 2 aliphatic heterocycles. The van der Waals surface area contributed by atoms with E-state index in [9.17, 15) is 14.4 Å². The smallest absolute Gasteiger partial charge is 0.375 e. The Bertz CT molecular complexity index is 335. The van der Waals surface area contributed by atoms with Crippen molar-refractivity contribution in [3.8, 4) is 0 Å². The second-order valence-corrected chi connectivity index (χ2v) is 4.10. The summed E-state index contributed by atoms with van der Waals surface area (Å²) in [5.41, 5.74) is 0. The van der Waals surface area contributed by atoms with E-state index in [0.29, 0.717) is 12.8 Å². The SMILES string of the molecule is CCOC(=O)C(=O)C1CC2CCC(O2)C1=O. The molecule has 0 aromatic rings. The van der Waals surface area contributed by atoms with Gasteiger partial charge in [0.15, 0.2) is 5.78 Å². The van der Waals surface area contributed by atoms with Gasteiger partial charge in [-0.15, -0.1) is 0 Å². The number of ether oxygens (including phenoxy) is 2. The predicted molar refractivity (Wildman–Crippen MR) is 52.6 cm³/mol. The zero-order valence-electron chi connectivity index (χ0n) is 9.10. The maximum atomic E-state index is 11.8.